The number of aromatic hydroxyl groups is 2. The number of hydrogen-bond donors (Lipinski definition) is 2. The molecule has 2 N–H and O–H groups in total. The Morgan fingerprint density at radius 2 is 1.71 bits per heavy atom. The number of phenols is 2. The normalized spacial score (nSPS) is 16.5. The van der Waals surface area contributed by atoms with E-state index in [9.17, 15) is 32.6 Å². The van der Waals surface area contributed by atoms with E-state index in [1.807, 2.05) is 0 Å². The van der Waals surface area contributed by atoms with E-state index < -0.39 is 35.1 Å². The minimum absolute atomic E-state index is 0.0369. The lowest BCUT2D eigenvalue weighted by Crippen LogP contribution is -2.20. The molecule has 0 spiro atoms. The summed E-state index contributed by atoms with van der Waals surface area (Å²) in [5, 5.41) is 24.5. The molecule has 0 radical (unpaired) electrons. The van der Waals surface area contributed by atoms with Crippen LogP contribution in [0.1, 0.15) is 11.6 Å². The average Bonchev–Trinajstić information content (AvgIpc) is 3.14. The summed E-state index contributed by atoms with van der Waals surface area (Å²) in [4.78, 5) is 16.6. The zero-order chi connectivity index (χ0) is 22.3. The lowest BCUT2D eigenvalue weighted by atomic mass is 10.1. The zero-order valence-corrected chi connectivity index (χ0v) is 15.5. The Labute approximate surface area is 172 Å². The van der Waals surface area contributed by atoms with E-state index in [1.54, 1.807) is 12.1 Å². The fourth-order valence-corrected chi connectivity index (χ4v) is 3.11. The fraction of sp³-hybridized carbons (Fsp3) is 0.0952. The number of para-hydroxylation sites is 1. The Morgan fingerprint density at radius 3 is 2.39 bits per heavy atom. The standard InChI is InChI=1S/C21H13F4N3O3/c22-12-6-8-17(30)15(10-12)28-20(14-3-1-2-4-16(14)29)26-19(27-28)13-7-5-11(9-18(13)31)21(23,24)25/h1-10,15,29,31H. The van der Waals surface area contributed by atoms with Crippen LogP contribution in [0.25, 0.3) is 22.8 Å². The Morgan fingerprint density at radius 1 is 0.968 bits per heavy atom. The van der Waals surface area contributed by atoms with Gasteiger partial charge in [0.15, 0.2) is 17.4 Å². The van der Waals surface area contributed by atoms with E-state index in [1.165, 1.54) is 12.1 Å². The molecule has 1 atom stereocenters. The maximum absolute atomic E-state index is 13.8. The topological polar surface area (TPSA) is 88.2 Å². The smallest absolute Gasteiger partial charge is 0.416 e. The van der Waals surface area contributed by atoms with Gasteiger partial charge in [0, 0.05) is 0 Å². The molecule has 1 aliphatic rings. The van der Waals surface area contributed by atoms with E-state index in [4.69, 9.17) is 0 Å². The van der Waals surface area contributed by atoms with Gasteiger partial charge in [-0.25, -0.2) is 14.1 Å². The molecule has 3 aromatic rings. The summed E-state index contributed by atoms with van der Waals surface area (Å²) < 4.78 is 53.6. The molecular weight excluding hydrogens is 418 g/mol. The van der Waals surface area contributed by atoms with Crippen molar-refractivity contribution in [3.8, 4) is 34.3 Å². The number of alkyl halides is 3. The van der Waals surface area contributed by atoms with Gasteiger partial charge in [0.2, 0.25) is 0 Å². The number of allylic oxidation sites excluding steroid dienone is 4. The number of rotatable bonds is 3. The number of nitrogens with zero attached hydrogens (tertiary/aromatic N) is 3. The summed E-state index contributed by atoms with van der Waals surface area (Å²) in [5.74, 6) is -2.39. The summed E-state index contributed by atoms with van der Waals surface area (Å²) in [7, 11) is 0. The molecule has 158 valence electrons. The van der Waals surface area contributed by atoms with Crippen LogP contribution < -0.4 is 0 Å². The third-order valence-electron chi connectivity index (χ3n) is 4.62. The highest BCUT2D eigenvalue weighted by molar-refractivity contribution is 5.96. The van der Waals surface area contributed by atoms with Crippen LogP contribution in [0.2, 0.25) is 0 Å². The van der Waals surface area contributed by atoms with Crippen molar-refractivity contribution in [3.05, 3.63) is 72.1 Å². The number of benzene rings is 2. The molecule has 0 amide bonds. The summed E-state index contributed by atoms with van der Waals surface area (Å²) in [6.45, 7) is 0. The zero-order valence-electron chi connectivity index (χ0n) is 15.5. The van der Waals surface area contributed by atoms with Crippen LogP contribution in [0.4, 0.5) is 17.6 Å². The molecule has 2 aromatic carbocycles. The maximum atomic E-state index is 13.8. The lowest BCUT2D eigenvalue weighted by Gasteiger charge is -2.15. The van der Waals surface area contributed by atoms with Gasteiger partial charge in [-0.2, -0.15) is 13.2 Å². The number of halogens is 4. The van der Waals surface area contributed by atoms with Crippen LogP contribution in [0.5, 0.6) is 11.5 Å². The highest BCUT2D eigenvalue weighted by Crippen LogP contribution is 2.38. The summed E-state index contributed by atoms with van der Waals surface area (Å²) in [6, 6.07) is 7.02. The van der Waals surface area contributed by atoms with E-state index in [-0.39, 0.29) is 28.5 Å². The molecule has 4 rings (SSSR count). The van der Waals surface area contributed by atoms with Crippen molar-refractivity contribution in [3.63, 3.8) is 0 Å². The first-order valence-electron chi connectivity index (χ1n) is 8.90. The van der Waals surface area contributed by atoms with E-state index in [0.29, 0.717) is 6.07 Å². The molecule has 10 heteroatoms. The number of carbonyl (C=O) groups is 1. The van der Waals surface area contributed by atoms with Crippen LogP contribution in [0, 0.1) is 0 Å². The number of carbonyl (C=O) groups excluding carboxylic acids is 1. The predicted molar refractivity (Wildman–Crippen MR) is 102 cm³/mol. The van der Waals surface area contributed by atoms with Crippen molar-refractivity contribution in [1.29, 1.82) is 0 Å². The quantitative estimate of drug-likeness (QED) is 0.593. The molecule has 0 fully saturated rings. The summed E-state index contributed by atoms with van der Waals surface area (Å²) in [6.07, 6.45) is -1.66. The van der Waals surface area contributed by atoms with E-state index in [2.05, 4.69) is 10.1 Å². The first-order chi connectivity index (χ1) is 14.6. The molecule has 0 aliphatic heterocycles. The SMILES string of the molecule is O=C1C=CC(F)=CC1n1nc(-c2ccc(C(F)(F)F)cc2O)nc1-c1ccccc1O. The van der Waals surface area contributed by atoms with Gasteiger partial charge >= 0.3 is 6.18 Å². The van der Waals surface area contributed by atoms with Gasteiger partial charge in [0.05, 0.1) is 16.7 Å². The van der Waals surface area contributed by atoms with Crippen molar-refractivity contribution >= 4 is 5.78 Å². The highest BCUT2D eigenvalue weighted by atomic mass is 19.4. The molecule has 6 nitrogen and oxygen atoms in total. The third-order valence-corrected chi connectivity index (χ3v) is 4.62. The van der Waals surface area contributed by atoms with Gasteiger partial charge < -0.3 is 10.2 Å². The third kappa shape index (κ3) is 3.79. The van der Waals surface area contributed by atoms with Crippen LogP contribution in [0.3, 0.4) is 0 Å². The summed E-state index contributed by atoms with van der Waals surface area (Å²) in [5.41, 5.74) is -1.04. The largest absolute Gasteiger partial charge is 0.507 e. The molecule has 0 saturated heterocycles. The second-order valence-corrected chi connectivity index (χ2v) is 6.68. The van der Waals surface area contributed by atoms with Crippen molar-refractivity contribution in [2.75, 3.05) is 0 Å². The van der Waals surface area contributed by atoms with Gasteiger partial charge in [-0.3, -0.25) is 4.79 Å². The Hall–Kier alpha value is -3.95. The first kappa shape index (κ1) is 20.3. The van der Waals surface area contributed by atoms with Gasteiger partial charge in [0.1, 0.15) is 23.4 Å². The molecule has 0 saturated carbocycles. The predicted octanol–water partition coefficient (Wildman–Crippen LogP) is 4.58. The molecule has 1 aromatic heterocycles. The Kier molecular flexibility index (Phi) is 4.84. The average molecular weight is 431 g/mol. The molecule has 1 aliphatic carbocycles. The number of phenolic OH excluding ortho intramolecular Hbond substituents is 2. The lowest BCUT2D eigenvalue weighted by molar-refractivity contribution is -0.137. The van der Waals surface area contributed by atoms with Crippen molar-refractivity contribution in [2.24, 2.45) is 0 Å². The first-order valence-corrected chi connectivity index (χ1v) is 8.90. The Balaban J connectivity index is 1.90. The van der Waals surface area contributed by atoms with E-state index in [0.717, 1.165) is 35.0 Å². The van der Waals surface area contributed by atoms with Crippen LogP contribution in [-0.2, 0) is 11.0 Å². The molecule has 1 unspecified atom stereocenters. The van der Waals surface area contributed by atoms with Gasteiger partial charge in [-0.05, 0) is 48.6 Å². The van der Waals surface area contributed by atoms with Crippen molar-refractivity contribution in [1.82, 2.24) is 14.8 Å². The number of aromatic nitrogens is 3. The van der Waals surface area contributed by atoms with E-state index >= 15 is 0 Å². The molecule has 1 heterocycles. The minimum Gasteiger partial charge on any atom is -0.507 e. The van der Waals surface area contributed by atoms with Crippen LogP contribution >= 0.6 is 0 Å². The molecular formula is C21H13F4N3O3. The molecule has 31 heavy (non-hydrogen) atoms. The fourth-order valence-electron chi connectivity index (χ4n) is 3.11. The number of ketones is 1. The molecule has 0 bridgehead atoms. The van der Waals surface area contributed by atoms with Crippen LogP contribution in [-0.4, -0.2) is 30.8 Å². The maximum Gasteiger partial charge on any atom is 0.416 e. The van der Waals surface area contributed by atoms with Gasteiger partial charge in [-0.1, -0.05) is 12.1 Å². The highest BCUT2D eigenvalue weighted by Gasteiger charge is 2.32. The van der Waals surface area contributed by atoms with Crippen molar-refractivity contribution in [2.45, 2.75) is 12.2 Å². The van der Waals surface area contributed by atoms with Gasteiger partial charge in [-0.15, -0.1) is 5.10 Å². The Bertz CT molecular complexity index is 1240. The second kappa shape index (κ2) is 7.38. The second-order valence-electron chi connectivity index (χ2n) is 6.68. The summed E-state index contributed by atoms with van der Waals surface area (Å²) >= 11 is 0. The van der Waals surface area contributed by atoms with Crippen LogP contribution in [0.15, 0.2) is 66.5 Å². The minimum atomic E-state index is -4.66. The van der Waals surface area contributed by atoms with Crippen molar-refractivity contribution < 1.29 is 32.6 Å². The monoisotopic (exact) mass is 431 g/mol. The number of hydrogen-bond acceptors (Lipinski definition) is 5. The van der Waals surface area contributed by atoms with Gasteiger partial charge in [0.25, 0.3) is 0 Å².